The van der Waals surface area contributed by atoms with Crippen molar-refractivity contribution in [2.24, 2.45) is 0 Å². The van der Waals surface area contributed by atoms with E-state index in [2.05, 4.69) is 5.32 Å². The SMILES string of the molecule is O=C(/C=C/c1cccc(Cl)c1)Nc1ccc(S(=O)(=O)C(F)F)cc1. The molecule has 0 aliphatic rings. The molecule has 0 saturated carbocycles. The summed E-state index contributed by atoms with van der Waals surface area (Å²) in [7, 11) is -4.64. The van der Waals surface area contributed by atoms with E-state index in [9.17, 15) is 22.0 Å². The minimum Gasteiger partial charge on any atom is -0.323 e. The first kappa shape index (κ1) is 18.1. The van der Waals surface area contributed by atoms with E-state index in [1.54, 1.807) is 30.3 Å². The molecule has 2 rings (SSSR count). The molecule has 0 heterocycles. The summed E-state index contributed by atoms with van der Waals surface area (Å²) < 4.78 is 47.4. The van der Waals surface area contributed by atoms with Crippen LogP contribution in [0.2, 0.25) is 5.02 Å². The molecule has 24 heavy (non-hydrogen) atoms. The Bertz CT molecular complexity index is 865. The molecule has 0 radical (unpaired) electrons. The van der Waals surface area contributed by atoms with Gasteiger partial charge in [0.25, 0.3) is 0 Å². The van der Waals surface area contributed by atoms with E-state index >= 15 is 0 Å². The second-order valence-corrected chi connectivity index (χ2v) is 7.06. The van der Waals surface area contributed by atoms with Gasteiger partial charge in [0, 0.05) is 16.8 Å². The predicted molar refractivity (Wildman–Crippen MR) is 88.7 cm³/mol. The first-order valence-electron chi connectivity index (χ1n) is 6.66. The summed E-state index contributed by atoms with van der Waals surface area (Å²) in [4.78, 5) is 11.3. The van der Waals surface area contributed by atoms with E-state index in [1.807, 2.05) is 0 Å². The van der Waals surface area contributed by atoms with Crippen LogP contribution in [0.4, 0.5) is 14.5 Å². The molecular weight excluding hydrogens is 360 g/mol. The molecule has 126 valence electrons. The Labute approximate surface area is 142 Å². The third-order valence-corrected chi connectivity index (χ3v) is 4.59. The van der Waals surface area contributed by atoms with Crippen LogP contribution < -0.4 is 5.32 Å². The lowest BCUT2D eigenvalue weighted by atomic mass is 10.2. The Morgan fingerprint density at radius 3 is 2.38 bits per heavy atom. The van der Waals surface area contributed by atoms with Gasteiger partial charge in [-0.1, -0.05) is 23.7 Å². The average Bonchev–Trinajstić information content (AvgIpc) is 2.53. The lowest BCUT2D eigenvalue weighted by molar-refractivity contribution is -0.111. The third kappa shape index (κ3) is 4.62. The van der Waals surface area contributed by atoms with E-state index in [-0.39, 0.29) is 5.69 Å². The molecule has 0 aliphatic heterocycles. The maximum Gasteiger partial charge on any atom is 0.341 e. The Morgan fingerprint density at radius 2 is 1.79 bits per heavy atom. The Hall–Kier alpha value is -2.25. The number of carbonyl (C=O) groups excluding carboxylic acids is 1. The number of nitrogens with one attached hydrogen (secondary N) is 1. The standard InChI is InChI=1S/C16H12ClF2NO3S/c17-12-3-1-2-11(10-12)4-9-15(21)20-13-5-7-14(8-6-13)24(22,23)16(18)19/h1-10,16H,(H,20,21)/b9-4+. The number of rotatable bonds is 5. The number of halogens is 3. The quantitative estimate of drug-likeness (QED) is 0.808. The smallest absolute Gasteiger partial charge is 0.323 e. The fourth-order valence-corrected chi connectivity index (χ4v) is 2.72. The van der Waals surface area contributed by atoms with Crippen molar-refractivity contribution in [2.45, 2.75) is 10.7 Å². The number of benzene rings is 2. The van der Waals surface area contributed by atoms with Crippen LogP contribution in [0.25, 0.3) is 6.08 Å². The zero-order valence-corrected chi connectivity index (χ0v) is 13.7. The number of hydrogen-bond donors (Lipinski definition) is 1. The average molecular weight is 372 g/mol. The maximum atomic E-state index is 12.4. The van der Waals surface area contributed by atoms with Crippen LogP contribution >= 0.6 is 11.6 Å². The van der Waals surface area contributed by atoms with Crippen LogP contribution in [0.5, 0.6) is 0 Å². The molecule has 8 heteroatoms. The highest BCUT2D eigenvalue weighted by Gasteiger charge is 2.26. The summed E-state index contributed by atoms with van der Waals surface area (Å²) >= 11 is 5.83. The van der Waals surface area contributed by atoms with Gasteiger partial charge >= 0.3 is 5.76 Å². The maximum absolute atomic E-state index is 12.4. The zero-order valence-electron chi connectivity index (χ0n) is 12.1. The number of amides is 1. The second-order valence-electron chi connectivity index (χ2n) is 4.71. The van der Waals surface area contributed by atoms with Crippen LogP contribution in [0.3, 0.4) is 0 Å². The molecule has 0 aromatic heterocycles. The van der Waals surface area contributed by atoms with Crippen molar-refractivity contribution in [3.05, 3.63) is 65.2 Å². The number of hydrogen-bond acceptors (Lipinski definition) is 3. The van der Waals surface area contributed by atoms with Gasteiger partial charge in [-0.3, -0.25) is 4.79 Å². The number of carbonyl (C=O) groups is 1. The molecule has 0 fully saturated rings. The van der Waals surface area contributed by atoms with Crippen molar-refractivity contribution >= 4 is 39.1 Å². The van der Waals surface area contributed by atoms with E-state index < -0.39 is 26.4 Å². The minimum atomic E-state index is -4.64. The van der Waals surface area contributed by atoms with Gasteiger partial charge in [0.2, 0.25) is 15.7 Å². The molecule has 0 saturated heterocycles. The monoisotopic (exact) mass is 371 g/mol. The van der Waals surface area contributed by atoms with Gasteiger partial charge in [-0.25, -0.2) is 8.42 Å². The van der Waals surface area contributed by atoms with Crippen molar-refractivity contribution in [3.8, 4) is 0 Å². The lowest BCUT2D eigenvalue weighted by Gasteiger charge is -2.05. The summed E-state index contributed by atoms with van der Waals surface area (Å²) in [5.41, 5.74) is 1.01. The third-order valence-electron chi connectivity index (χ3n) is 2.96. The minimum absolute atomic E-state index is 0.281. The van der Waals surface area contributed by atoms with Crippen LogP contribution in [0.1, 0.15) is 5.56 Å². The molecule has 1 N–H and O–H groups in total. The molecule has 0 atom stereocenters. The summed E-state index contributed by atoms with van der Waals surface area (Å²) in [6.45, 7) is 0. The lowest BCUT2D eigenvalue weighted by Crippen LogP contribution is -2.12. The van der Waals surface area contributed by atoms with Gasteiger partial charge in [-0.15, -0.1) is 0 Å². The first-order chi connectivity index (χ1) is 11.3. The predicted octanol–water partition coefficient (Wildman–Crippen LogP) is 3.99. The molecule has 1 amide bonds. The highest BCUT2D eigenvalue weighted by molar-refractivity contribution is 7.91. The van der Waals surface area contributed by atoms with Gasteiger partial charge in [-0.05, 0) is 48.0 Å². The van der Waals surface area contributed by atoms with E-state index in [4.69, 9.17) is 11.6 Å². The van der Waals surface area contributed by atoms with Gasteiger partial charge in [0.1, 0.15) is 0 Å². The molecular formula is C16H12ClF2NO3S. The van der Waals surface area contributed by atoms with Gasteiger partial charge in [0.15, 0.2) is 0 Å². The van der Waals surface area contributed by atoms with Crippen LogP contribution in [-0.2, 0) is 14.6 Å². The highest BCUT2D eigenvalue weighted by Crippen LogP contribution is 2.20. The van der Waals surface area contributed by atoms with Crippen molar-refractivity contribution in [3.63, 3.8) is 0 Å². The molecule has 0 unspecified atom stereocenters. The fourth-order valence-electron chi connectivity index (χ4n) is 1.80. The Kier molecular flexibility index (Phi) is 5.69. The van der Waals surface area contributed by atoms with Crippen LogP contribution in [-0.4, -0.2) is 20.1 Å². The number of alkyl halides is 2. The zero-order chi connectivity index (χ0) is 17.7. The van der Waals surface area contributed by atoms with Gasteiger partial charge in [-0.2, -0.15) is 8.78 Å². The van der Waals surface area contributed by atoms with Crippen molar-refractivity contribution in [2.75, 3.05) is 5.32 Å². The molecule has 0 bridgehead atoms. The van der Waals surface area contributed by atoms with Gasteiger partial charge in [0.05, 0.1) is 4.90 Å². The van der Waals surface area contributed by atoms with Crippen LogP contribution in [0, 0.1) is 0 Å². The molecule has 2 aromatic rings. The van der Waals surface area contributed by atoms with Crippen molar-refractivity contribution < 1.29 is 22.0 Å². The second kappa shape index (κ2) is 7.55. The summed E-state index contributed by atoms with van der Waals surface area (Å²) in [5, 5.41) is 3.03. The first-order valence-corrected chi connectivity index (χ1v) is 8.58. The number of anilines is 1. The van der Waals surface area contributed by atoms with Crippen LogP contribution in [0.15, 0.2) is 59.5 Å². The van der Waals surface area contributed by atoms with Crippen molar-refractivity contribution in [1.82, 2.24) is 0 Å². The summed E-state index contributed by atoms with van der Waals surface area (Å²) in [6.07, 6.45) is 2.83. The molecule has 0 spiro atoms. The van der Waals surface area contributed by atoms with E-state index in [0.717, 1.165) is 17.7 Å². The normalized spacial score (nSPS) is 11.8. The van der Waals surface area contributed by atoms with E-state index in [1.165, 1.54) is 18.2 Å². The topological polar surface area (TPSA) is 63.2 Å². The van der Waals surface area contributed by atoms with Crippen molar-refractivity contribution in [1.29, 1.82) is 0 Å². The van der Waals surface area contributed by atoms with Gasteiger partial charge < -0.3 is 5.32 Å². The highest BCUT2D eigenvalue weighted by atomic mass is 35.5. The number of sulfone groups is 1. The fraction of sp³-hybridized carbons (Fsp3) is 0.0625. The largest absolute Gasteiger partial charge is 0.341 e. The Morgan fingerprint density at radius 1 is 1.12 bits per heavy atom. The molecule has 0 aliphatic carbocycles. The molecule has 4 nitrogen and oxygen atoms in total. The molecule has 2 aromatic carbocycles. The summed E-state index contributed by atoms with van der Waals surface area (Å²) in [5.74, 6) is -3.95. The Balaban J connectivity index is 2.05. The summed E-state index contributed by atoms with van der Waals surface area (Å²) in [6, 6.07) is 11.4. The van der Waals surface area contributed by atoms with E-state index in [0.29, 0.717) is 5.02 Å².